The number of pyridine rings is 1. The Labute approximate surface area is 177 Å². The third kappa shape index (κ3) is 6.67. The molecule has 0 radical (unpaired) electrons. The van der Waals surface area contributed by atoms with Gasteiger partial charge < -0.3 is 10.6 Å². The highest BCUT2D eigenvalue weighted by Gasteiger charge is 2.02. The predicted octanol–water partition coefficient (Wildman–Crippen LogP) is 2.84. The molecule has 3 rings (SSSR count). The van der Waals surface area contributed by atoms with Gasteiger partial charge >= 0.3 is 0 Å². The van der Waals surface area contributed by atoms with Crippen molar-refractivity contribution < 1.29 is 0 Å². The maximum Gasteiger partial charge on any atom is 0.190 e. The second-order valence-corrected chi connectivity index (χ2v) is 5.88. The fourth-order valence-corrected chi connectivity index (χ4v) is 2.61. The van der Waals surface area contributed by atoms with E-state index < -0.39 is 0 Å². The van der Waals surface area contributed by atoms with Crippen molar-refractivity contribution in [2.45, 2.75) is 12.8 Å². The first-order chi connectivity index (χ1) is 12.8. The molecule has 27 heavy (non-hydrogen) atoms. The highest BCUT2D eigenvalue weighted by atomic mass is 127. The van der Waals surface area contributed by atoms with Gasteiger partial charge in [0.2, 0.25) is 0 Å². The number of nitrogens with one attached hydrogen (secondary N) is 2. The van der Waals surface area contributed by atoms with Crippen LogP contribution in [0.15, 0.2) is 72.1 Å². The topological polar surface area (TPSA) is 67.1 Å². The van der Waals surface area contributed by atoms with Gasteiger partial charge in [0.15, 0.2) is 5.96 Å². The summed E-state index contributed by atoms with van der Waals surface area (Å²) in [5.74, 6) is 0.802. The summed E-state index contributed by atoms with van der Waals surface area (Å²) in [6.45, 7) is 1.59. The SMILES string of the molecule is CN=C(NCCc1cnn(-c2ccccc2)c1)NCCc1ccccn1.I. The van der Waals surface area contributed by atoms with E-state index in [9.17, 15) is 0 Å². The molecule has 0 aliphatic rings. The Morgan fingerprint density at radius 3 is 2.44 bits per heavy atom. The Kier molecular flexibility index (Phi) is 8.76. The van der Waals surface area contributed by atoms with Gasteiger partial charge in [-0.1, -0.05) is 24.3 Å². The third-order valence-corrected chi connectivity index (χ3v) is 3.99. The summed E-state index contributed by atoms with van der Waals surface area (Å²) in [6, 6.07) is 16.1. The minimum absolute atomic E-state index is 0. The Bertz CT molecular complexity index is 817. The van der Waals surface area contributed by atoms with Crippen LogP contribution in [-0.2, 0) is 12.8 Å². The van der Waals surface area contributed by atoms with Crippen LogP contribution in [0.25, 0.3) is 5.69 Å². The van der Waals surface area contributed by atoms with Crippen molar-refractivity contribution in [2.24, 2.45) is 4.99 Å². The first kappa shape index (κ1) is 20.9. The molecule has 2 N–H and O–H groups in total. The van der Waals surface area contributed by atoms with Crippen LogP contribution in [0.5, 0.6) is 0 Å². The van der Waals surface area contributed by atoms with E-state index >= 15 is 0 Å². The summed E-state index contributed by atoms with van der Waals surface area (Å²) in [5, 5.41) is 11.1. The number of hydrogen-bond acceptors (Lipinski definition) is 3. The maximum absolute atomic E-state index is 4.42. The highest BCUT2D eigenvalue weighted by molar-refractivity contribution is 14.0. The molecule has 0 saturated carbocycles. The molecule has 1 aromatic carbocycles. The van der Waals surface area contributed by atoms with E-state index in [2.05, 4.69) is 31.9 Å². The van der Waals surface area contributed by atoms with Crippen molar-refractivity contribution in [3.05, 3.63) is 78.4 Å². The van der Waals surface area contributed by atoms with Gasteiger partial charge in [0, 0.05) is 44.6 Å². The zero-order valence-electron chi connectivity index (χ0n) is 15.4. The Morgan fingerprint density at radius 1 is 1.00 bits per heavy atom. The van der Waals surface area contributed by atoms with Crippen LogP contribution in [0, 0.1) is 0 Å². The summed E-state index contributed by atoms with van der Waals surface area (Å²) in [4.78, 5) is 8.58. The number of halogens is 1. The van der Waals surface area contributed by atoms with Crippen LogP contribution in [0.3, 0.4) is 0 Å². The van der Waals surface area contributed by atoms with E-state index in [1.54, 1.807) is 7.05 Å². The molecule has 3 aromatic rings. The van der Waals surface area contributed by atoms with Gasteiger partial charge in [0.1, 0.15) is 0 Å². The standard InChI is InChI=1S/C20H24N6.HI/c1-21-20(24-14-11-18-7-5-6-12-22-18)23-13-10-17-15-25-26(16-17)19-8-3-2-4-9-19;/h2-9,12,15-16H,10-11,13-14H2,1H3,(H2,21,23,24);1H. The lowest BCUT2D eigenvalue weighted by Gasteiger charge is -2.11. The third-order valence-electron chi connectivity index (χ3n) is 3.99. The van der Waals surface area contributed by atoms with Crippen molar-refractivity contribution in [3.63, 3.8) is 0 Å². The fraction of sp³-hybridized carbons (Fsp3) is 0.250. The molecule has 0 aliphatic carbocycles. The summed E-state index contributed by atoms with van der Waals surface area (Å²) in [6.07, 6.45) is 7.54. The molecule has 7 heteroatoms. The quantitative estimate of drug-likeness (QED) is 0.313. The molecule has 0 amide bonds. The molecule has 0 saturated heterocycles. The first-order valence-corrected chi connectivity index (χ1v) is 8.78. The summed E-state index contributed by atoms with van der Waals surface area (Å²) >= 11 is 0. The molecular formula is C20H25IN6. The van der Waals surface area contributed by atoms with E-state index in [0.717, 1.165) is 43.3 Å². The van der Waals surface area contributed by atoms with Crippen molar-refractivity contribution in [1.29, 1.82) is 0 Å². The zero-order chi connectivity index (χ0) is 18.0. The number of nitrogens with zero attached hydrogens (tertiary/aromatic N) is 4. The van der Waals surface area contributed by atoms with Crippen molar-refractivity contribution in [3.8, 4) is 5.69 Å². The smallest absolute Gasteiger partial charge is 0.190 e. The summed E-state index contributed by atoms with van der Waals surface area (Å²) < 4.78 is 1.90. The minimum atomic E-state index is 0. The van der Waals surface area contributed by atoms with Crippen LogP contribution in [-0.4, -0.2) is 40.9 Å². The van der Waals surface area contributed by atoms with Crippen LogP contribution in [0.4, 0.5) is 0 Å². The van der Waals surface area contributed by atoms with Crippen LogP contribution >= 0.6 is 24.0 Å². The van der Waals surface area contributed by atoms with Crippen molar-refractivity contribution in [1.82, 2.24) is 25.4 Å². The molecule has 2 heterocycles. The zero-order valence-corrected chi connectivity index (χ0v) is 17.7. The number of benzene rings is 1. The van der Waals surface area contributed by atoms with Crippen LogP contribution < -0.4 is 10.6 Å². The number of hydrogen-bond donors (Lipinski definition) is 2. The van der Waals surface area contributed by atoms with E-state index in [1.165, 1.54) is 5.56 Å². The monoisotopic (exact) mass is 476 g/mol. The number of guanidine groups is 1. The molecule has 0 spiro atoms. The van der Waals surface area contributed by atoms with Crippen molar-refractivity contribution >= 4 is 29.9 Å². The Balaban J connectivity index is 0.00000261. The van der Waals surface area contributed by atoms with Gasteiger partial charge in [-0.3, -0.25) is 9.98 Å². The molecule has 0 fully saturated rings. The normalized spacial score (nSPS) is 10.9. The molecule has 2 aromatic heterocycles. The number of para-hydroxylation sites is 1. The lowest BCUT2D eigenvalue weighted by molar-refractivity contribution is 0.776. The summed E-state index contributed by atoms with van der Waals surface area (Å²) in [7, 11) is 1.78. The van der Waals surface area contributed by atoms with Gasteiger partial charge in [0.25, 0.3) is 0 Å². The van der Waals surface area contributed by atoms with E-state index in [4.69, 9.17) is 0 Å². The van der Waals surface area contributed by atoms with Crippen LogP contribution in [0.1, 0.15) is 11.3 Å². The molecule has 0 bridgehead atoms. The van der Waals surface area contributed by atoms with Crippen molar-refractivity contribution in [2.75, 3.05) is 20.1 Å². The molecule has 6 nitrogen and oxygen atoms in total. The van der Waals surface area contributed by atoms with E-state index in [0.29, 0.717) is 0 Å². The molecule has 0 unspecified atom stereocenters. The Morgan fingerprint density at radius 2 is 1.74 bits per heavy atom. The number of aliphatic imine (C=N–C) groups is 1. The number of rotatable bonds is 7. The fourth-order valence-electron chi connectivity index (χ4n) is 2.61. The predicted molar refractivity (Wildman–Crippen MR) is 120 cm³/mol. The van der Waals surface area contributed by atoms with Crippen LogP contribution in [0.2, 0.25) is 0 Å². The van der Waals surface area contributed by atoms with Gasteiger partial charge in [-0.05, 0) is 36.2 Å². The van der Waals surface area contributed by atoms with E-state index in [-0.39, 0.29) is 24.0 Å². The van der Waals surface area contributed by atoms with Gasteiger partial charge in [-0.15, -0.1) is 24.0 Å². The lowest BCUT2D eigenvalue weighted by Crippen LogP contribution is -2.39. The molecule has 0 atom stereocenters. The Hall–Kier alpha value is -2.42. The van der Waals surface area contributed by atoms with Gasteiger partial charge in [-0.2, -0.15) is 5.10 Å². The van der Waals surface area contributed by atoms with Gasteiger partial charge in [0.05, 0.1) is 11.9 Å². The number of aromatic nitrogens is 3. The molecular weight excluding hydrogens is 451 g/mol. The maximum atomic E-state index is 4.42. The second-order valence-electron chi connectivity index (χ2n) is 5.88. The minimum Gasteiger partial charge on any atom is -0.356 e. The lowest BCUT2D eigenvalue weighted by atomic mass is 10.2. The first-order valence-electron chi connectivity index (χ1n) is 8.78. The molecule has 142 valence electrons. The molecule has 0 aliphatic heterocycles. The average molecular weight is 476 g/mol. The highest BCUT2D eigenvalue weighted by Crippen LogP contribution is 2.07. The van der Waals surface area contributed by atoms with Gasteiger partial charge in [-0.25, -0.2) is 4.68 Å². The largest absolute Gasteiger partial charge is 0.356 e. The second kappa shape index (κ2) is 11.3. The summed E-state index contributed by atoms with van der Waals surface area (Å²) in [5.41, 5.74) is 3.33. The average Bonchev–Trinajstić information content (AvgIpc) is 3.17. The van der Waals surface area contributed by atoms with E-state index in [1.807, 2.05) is 65.6 Å².